The quantitative estimate of drug-likeness (QED) is 0.178. The highest BCUT2D eigenvalue weighted by molar-refractivity contribution is 8.04. The Labute approximate surface area is 223 Å². The fraction of sp³-hybridized carbons (Fsp3) is 0. The third-order valence-electron chi connectivity index (χ3n) is 6.12. The summed E-state index contributed by atoms with van der Waals surface area (Å²) >= 11 is 1.63. The fourth-order valence-corrected chi connectivity index (χ4v) is 9.68. The molecule has 0 bridgehead atoms. The predicted molar refractivity (Wildman–Crippen MR) is 159 cm³/mol. The van der Waals surface area contributed by atoms with Gasteiger partial charge < -0.3 is 0 Å². The van der Waals surface area contributed by atoms with Crippen molar-refractivity contribution < 1.29 is 4.79 Å². The molecule has 5 rings (SSSR count). The molecule has 0 aliphatic heterocycles. The van der Waals surface area contributed by atoms with Crippen LogP contribution in [-0.2, 0) is 0 Å². The molecule has 5 aromatic carbocycles. The normalized spacial score (nSPS) is 11.6. The number of nitrogens with one attached hydrogen (secondary N) is 1. The van der Waals surface area contributed by atoms with E-state index in [2.05, 4.69) is 95.7 Å². The van der Waals surface area contributed by atoms with Crippen LogP contribution < -0.4 is 21.2 Å². The topological polar surface area (TPSA) is 29.1 Å². The molecule has 37 heavy (non-hydrogen) atoms. The first-order chi connectivity index (χ1) is 18.3. The van der Waals surface area contributed by atoms with Gasteiger partial charge in [-0.2, -0.15) is 0 Å². The Balaban J connectivity index is 1.77. The Kier molecular flexibility index (Phi) is 7.96. The second-order valence-corrected chi connectivity index (χ2v) is 12.7. The van der Waals surface area contributed by atoms with Gasteiger partial charge in [0.15, 0.2) is 12.7 Å². The zero-order chi connectivity index (χ0) is 25.3. The van der Waals surface area contributed by atoms with Crippen LogP contribution in [0, 0.1) is 0 Å². The van der Waals surface area contributed by atoms with E-state index >= 15 is 0 Å². The average molecular weight is 517 g/mol. The second kappa shape index (κ2) is 11.9. The maximum Gasteiger partial charge on any atom is 0.258 e. The Morgan fingerprint density at radius 3 is 1.35 bits per heavy atom. The van der Waals surface area contributed by atoms with E-state index in [0.717, 1.165) is 10.3 Å². The molecule has 0 radical (unpaired) electrons. The van der Waals surface area contributed by atoms with E-state index in [9.17, 15) is 4.79 Å². The summed E-state index contributed by atoms with van der Waals surface area (Å²) in [5.74, 6) is -0.118. The minimum absolute atomic E-state index is 0.118. The van der Waals surface area contributed by atoms with E-state index in [0.29, 0.717) is 5.56 Å². The van der Waals surface area contributed by atoms with Gasteiger partial charge in [-0.25, -0.2) is 0 Å². The van der Waals surface area contributed by atoms with Crippen LogP contribution in [0.25, 0.3) is 0 Å². The van der Waals surface area contributed by atoms with E-state index in [1.807, 2.05) is 66.7 Å². The zero-order valence-electron chi connectivity index (χ0n) is 20.3. The monoisotopic (exact) mass is 516 g/mol. The molecule has 5 aromatic rings. The Bertz CT molecular complexity index is 1360. The minimum atomic E-state index is -2.47. The van der Waals surface area contributed by atoms with E-state index in [1.165, 1.54) is 15.9 Å². The van der Waals surface area contributed by atoms with Gasteiger partial charge in [-0.3, -0.25) is 10.1 Å². The number of hydrogen-bond donors (Lipinski definition) is 1. The summed E-state index contributed by atoms with van der Waals surface area (Å²) in [5, 5.41) is 9.07. The van der Waals surface area contributed by atoms with Crippen molar-refractivity contribution in [2.24, 2.45) is 0 Å². The highest BCUT2D eigenvalue weighted by Crippen LogP contribution is 2.62. The predicted octanol–water partition coefficient (Wildman–Crippen LogP) is 7.00. The number of hydrogen-bond acceptors (Lipinski definition) is 2. The van der Waals surface area contributed by atoms with Crippen molar-refractivity contribution in [2.75, 3.05) is 0 Å². The van der Waals surface area contributed by atoms with Crippen LogP contribution in [0.15, 0.2) is 167 Å². The SMILES string of the molecule is O=C(N/C(=C/Sc1ccccc1)[P+](c1ccccc1)(c1ccccc1)c1ccccc1)c1ccccc1. The Hall–Kier alpha value is -3.91. The molecule has 1 amide bonds. The van der Waals surface area contributed by atoms with Crippen molar-refractivity contribution in [3.05, 3.63) is 168 Å². The third-order valence-corrected chi connectivity index (χ3v) is 11.4. The molecule has 0 heterocycles. The van der Waals surface area contributed by atoms with Gasteiger partial charge in [-0.15, -0.1) is 0 Å². The van der Waals surface area contributed by atoms with E-state index in [1.54, 1.807) is 11.8 Å². The maximum absolute atomic E-state index is 13.7. The van der Waals surface area contributed by atoms with Crippen LogP contribution in [0.4, 0.5) is 0 Å². The maximum atomic E-state index is 13.7. The second-order valence-electron chi connectivity index (χ2n) is 8.43. The van der Waals surface area contributed by atoms with Crippen molar-refractivity contribution in [1.29, 1.82) is 0 Å². The Morgan fingerprint density at radius 1 is 0.541 bits per heavy atom. The van der Waals surface area contributed by atoms with Crippen LogP contribution in [0.5, 0.6) is 0 Å². The molecule has 2 nitrogen and oxygen atoms in total. The van der Waals surface area contributed by atoms with Crippen LogP contribution in [0.3, 0.4) is 0 Å². The van der Waals surface area contributed by atoms with E-state index in [-0.39, 0.29) is 5.91 Å². The molecule has 0 fully saturated rings. The van der Waals surface area contributed by atoms with Gasteiger partial charge in [-0.05, 0) is 60.7 Å². The van der Waals surface area contributed by atoms with Gasteiger partial charge >= 0.3 is 0 Å². The van der Waals surface area contributed by atoms with Crippen molar-refractivity contribution in [3.63, 3.8) is 0 Å². The Morgan fingerprint density at radius 2 is 0.919 bits per heavy atom. The lowest BCUT2D eigenvalue weighted by Crippen LogP contribution is -2.38. The number of rotatable bonds is 8. The molecule has 0 aliphatic carbocycles. The van der Waals surface area contributed by atoms with Gasteiger partial charge in [0.2, 0.25) is 0 Å². The molecular formula is C33H27NOPS+. The lowest BCUT2D eigenvalue weighted by Gasteiger charge is -2.29. The molecule has 0 spiro atoms. The van der Waals surface area contributed by atoms with Crippen LogP contribution >= 0.6 is 19.0 Å². The van der Waals surface area contributed by atoms with Gasteiger partial charge in [0.1, 0.15) is 15.9 Å². The van der Waals surface area contributed by atoms with Crippen LogP contribution in [0.2, 0.25) is 0 Å². The molecule has 0 saturated carbocycles. The first kappa shape index (κ1) is 24.8. The van der Waals surface area contributed by atoms with Gasteiger partial charge in [0.05, 0.1) is 0 Å². The molecular weight excluding hydrogens is 489 g/mol. The fourth-order valence-electron chi connectivity index (χ4n) is 4.41. The highest BCUT2D eigenvalue weighted by atomic mass is 32.2. The number of amides is 1. The van der Waals surface area contributed by atoms with Crippen molar-refractivity contribution >= 4 is 40.8 Å². The molecule has 0 atom stereocenters. The summed E-state index contributed by atoms with van der Waals surface area (Å²) in [6.07, 6.45) is 0. The van der Waals surface area contributed by atoms with E-state index < -0.39 is 7.26 Å². The lowest BCUT2D eigenvalue weighted by atomic mass is 10.2. The molecule has 0 aromatic heterocycles. The van der Waals surface area contributed by atoms with Crippen LogP contribution in [0.1, 0.15) is 10.4 Å². The number of benzene rings is 5. The molecule has 1 N–H and O–H groups in total. The first-order valence-electron chi connectivity index (χ1n) is 12.1. The number of carbonyl (C=O) groups is 1. The third kappa shape index (κ3) is 5.44. The minimum Gasteiger partial charge on any atom is -0.291 e. The summed E-state index contributed by atoms with van der Waals surface area (Å²) in [6, 6.07) is 51.4. The van der Waals surface area contributed by atoms with Crippen LogP contribution in [-0.4, -0.2) is 5.91 Å². The van der Waals surface area contributed by atoms with E-state index in [4.69, 9.17) is 0 Å². The average Bonchev–Trinajstić information content (AvgIpc) is 2.99. The summed E-state index contributed by atoms with van der Waals surface area (Å²) in [7, 11) is -2.47. The van der Waals surface area contributed by atoms with Gasteiger partial charge in [-0.1, -0.05) is 103 Å². The van der Waals surface area contributed by atoms with Gasteiger partial charge in [0, 0.05) is 15.9 Å². The smallest absolute Gasteiger partial charge is 0.258 e. The largest absolute Gasteiger partial charge is 0.291 e. The summed E-state index contributed by atoms with van der Waals surface area (Å²) in [5.41, 5.74) is 1.53. The summed E-state index contributed by atoms with van der Waals surface area (Å²) in [4.78, 5) is 14.8. The molecule has 0 saturated heterocycles. The zero-order valence-corrected chi connectivity index (χ0v) is 22.0. The molecule has 0 unspecified atom stereocenters. The van der Waals surface area contributed by atoms with Gasteiger partial charge in [0.25, 0.3) is 5.91 Å². The molecule has 0 aliphatic rings. The molecule has 180 valence electrons. The first-order valence-corrected chi connectivity index (χ1v) is 14.8. The lowest BCUT2D eigenvalue weighted by molar-refractivity contribution is 0.0968. The summed E-state index contributed by atoms with van der Waals surface area (Å²) < 4.78 is 0. The number of carbonyl (C=O) groups excluding carboxylic acids is 1. The highest BCUT2D eigenvalue weighted by Gasteiger charge is 2.50. The standard InChI is InChI=1S/C33H26NOPS/c35-33(27-16-6-1-7-17-27)34-32(26-37-31-24-14-5-15-25-31)36(28-18-8-2-9-19-28,29-20-10-3-11-21-29)30-22-12-4-13-23-30/h1-26H/p+1/b32-26-. The van der Waals surface area contributed by atoms with Crippen molar-refractivity contribution in [1.82, 2.24) is 5.32 Å². The van der Waals surface area contributed by atoms with Crippen molar-refractivity contribution in [3.8, 4) is 0 Å². The summed E-state index contributed by atoms with van der Waals surface area (Å²) in [6.45, 7) is 0. The molecule has 4 heteroatoms. The number of thioether (sulfide) groups is 1. The van der Waals surface area contributed by atoms with Crippen molar-refractivity contribution in [2.45, 2.75) is 4.90 Å².